The van der Waals surface area contributed by atoms with Crippen LogP contribution in [0.1, 0.15) is 16.4 Å². The van der Waals surface area contributed by atoms with Crippen LogP contribution in [-0.4, -0.2) is 71.8 Å². The lowest BCUT2D eigenvalue weighted by molar-refractivity contribution is -0.159. The predicted octanol–water partition coefficient (Wildman–Crippen LogP) is -0.506. The Hall–Kier alpha value is -3.97. The van der Waals surface area contributed by atoms with Crippen LogP contribution in [0.15, 0.2) is 34.9 Å². The van der Waals surface area contributed by atoms with Crippen LogP contribution in [0.3, 0.4) is 0 Å². The Morgan fingerprint density at radius 3 is 2.22 bits per heavy atom. The molecule has 0 bridgehead atoms. The highest BCUT2D eigenvalue weighted by Crippen LogP contribution is 2.18. The Bertz CT molecular complexity index is 925. The third-order valence-electron chi connectivity index (χ3n) is 4.08. The molecule has 1 saturated heterocycles. The van der Waals surface area contributed by atoms with E-state index in [0.717, 1.165) is 32.0 Å². The van der Waals surface area contributed by atoms with Crippen molar-refractivity contribution in [1.82, 2.24) is 10.3 Å². The first kappa shape index (κ1) is 24.3. The minimum Gasteiger partial charge on any atom is -0.473 e. The number of anilines is 2. The summed E-state index contributed by atoms with van der Waals surface area (Å²) >= 11 is 0. The molecule has 0 spiro atoms. The van der Waals surface area contributed by atoms with Gasteiger partial charge in [-0.2, -0.15) is 0 Å². The average molecular weight is 449 g/mol. The van der Waals surface area contributed by atoms with Gasteiger partial charge in [0.1, 0.15) is 6.26 Å². The summed E-state index contributed by atoms with van der Waals surface area (Å²) in [5.74, 6) is -4.21. The van der Waals surface area contributed by atoms with Gasteiger partial charge >= 0.3 is 11.9 Å². The van der Waals surface area contributed by atoms with Crippen LogP contribution in [0.4, 0.5) is 11.4 Å². The van der Waals surface area contributed by atoms with Gasteiger partial charge in [0.15, 0.2) is 5.69 Å². The van der Waals surface area contributed by atoms with Gasteiger partial charge in [-0.15, -0.1) is 0 Å². The summed E-state index contributed by atoms with van der Waals surface area (Å²) in [4.78, 5) is 48.2. The molecule has 0 radical (unpaired) electrons. The molecule has 1 aromatic carbocycles. The molecule has 1 aromatic heterocycles. The first-order valence-corrected chi connectivity index (χ1v) is 9.41. The molecule has 0 aliphatic carbocycles. The van der Waals surface area contributed by atoms with Gasteiger partial charge in [-0.1, -0.05) is 0 Å². The number of nitrogens with two attached hydrogens (primary N) is 1. The zero-order valence-corrected chi connectivity index (χ0v) is 16.9. The molecule has 13 nitrogen and oxygen atoms in total. The largest absolute Gasteiger partial charge is 0.473 e. The van der Waals surface area contributed by atoms with Crippen LogP contribution >= 0.6 is 0 Å². The standard InChI is InChI=1S/C17H21N5O4.C2H2O4/c18-9-16-21-14(11-26-16)17(24)19-10-15(23)20-12-1-3-13(4-2-12)22-5-7-25-8-6-22;3-1(4)2(5)6/h1-4,11H,5-10,18H2,(H,19,24)(H,20,23);(H,3,4)(H,5,6). The van der Waals surface area contributed by atoms with Crippen molar-refractivity contribution >= 4 is 35.1 Å². The van der Waals surface area contributed by atoms with Crippen molar-refractivity contribution in [2.24, 2.45) is 5.73 Å². The van der Waals surface area contributed by atoms with Crippen LogP contribution in [0.5, 0.6) is 0 Å². The fourth-order valence-corrected chi connectivity index (χ4v) is 2.54. The molecule has 2 aromatic rings. The van der Waals surface area contributed by atoms with Crippen LogP contribution in [0.25, 0.3) is 0 Å². The number of carbonyl (C=O) groups is 4. The van der Waals surface area contributed by atoms with Gasteiger partial charge in [0, 0.05) is 24.5 Å². The molecule has 2 heterocycles. The number of hydrogen-bond donors (Lipinski definition) is 5. The Morgan fingerprint density at radius 1 is 1.06 bits per heavy atom. The molecule has 13 heteroatoms. The normalized spacial score (nSPS) is 12.8. The van der Waals surface area contributed by atoms with E-state index in [9.17, 15) is 9.59 Å². The molecule has 32 heavy (non-hydrogen) atoms. The van der Waals surface area contributed by atoms with E-state index < -0.39 is 17.8 Å². The number of morpholine rings is 1. The number of rotatable bonds is 6. The van der Waals surface area contributed by atoms with Gasteiger partial charge in [0.2, 0.25) is 11.8 Å². The summed E-state index contributed by atoms with van der Waals surface area (Å²) in [5, 5.41) is 20.0. The van der Waals surface area contributed by atoms with Crippen LogP contribution in [0.2, 0.25) is 0 Å². The number of nitrogens with zero attached hydrogens (tertiary/aromatic N) is 2. The molecule has 0 saturated carbocycles. The molecule has 1 aliphatic rings. The fraction of sp³-hybridized carbons (Fsp3) is 0.316. The zero-order chi connectivity index (χ0) is 23.5. The smallest absolute Gasteiger partial charge is 0.414 e. The maximum Gasteiger partial charge on any atom is 0.414 e. The number of ether oxygens (including phenoxy) is 1. The maximum atomic E-state index is 12.0. The second-order valence-corrected chi connectivity index (χ2v) is 6.32. The van der Waals surface area contributed by atoms with E-state index in [-0.39, 0.29) is 30.6 Å². The third kappa shape index (κ3) is 7.70. The van der Waals surface area contributed by atoms with Crippen LogP contribution in [-0.2, 0) is 25.7 Å². The van der Waals surface area contributed by atoms with E-state index >= 15 is 0 Å². The quantitative estimate of drug-likeness (QED) is 0.356. The molecular formula is C19H23N5O8. The molecule has 2 amide bonds. The molecule has 0 atom stereocenters. The molecular weight excluding hydrogens is 426 g/mol. The van der Waals surface area contributed by atoms with Crippen molar-refractivity contribution in [3.63, 3.8) is 0 Å². The zero-order valence-electron chi connectivity index (χ0n) is 16.9. The summed E-state index contributed by atoms with van der Waals surface area (Å²) in [7, 11) is 0. The second kappa shape index (κ2) is 12.0. The minimum atomic E-state index is -1.82. The van der Waals surface area contributed by atoms with Crippen LogP contribution < -0.4 is 21.3 Å². The Kier molecular flexibility index (Phi) is 9.13. The van der Waals surface area contributed by atoms with Crippen molar-refractivity contribution in [3.05, 3.63) is 42.1 Å². The second-order valence-electron chi connectivity index (χ2n) is 6.32. The van der Waals surface area contributed by atoms with Gasteiger partial charge in [-0.05, 0) is 24.3 Å². The topological polar surface area (TPSA) is 197 Å². The Morgan fingerprint density at radius 2 is 1.69 bits per heavy atom. The first-order valence-electron chi connectivity index (χ1n) is 9.41. The highest BCUT2D eigenvalue weighted by Gasteiger charge is 2.14. The number of carboxylic acid groups (broad SMARTS) is 2. The van der Waals surface area contributed by atoms with E-state index in [1.165, 1.54) is 6.26 Å². The number of oxazole rings is 1. The molecule has 1 aliphatic heterocycles. The monoisotopic (exact) mass is 449 g/mol. The highest BCUT2D eigenvalue weighted by atomic mass is 16.5. The first-order chi connectivity index (χ1) is 15.3. The van der Waals surface area contributed by atoms with Crippen molar-refractivity contribution in [2.75, 3.05) is 43.1 Å². The number of aliphatic carboxylic acids is 2. The number of nitrogens with one attached hydrogen (secondary N) is 2. The Balaban J connectivity index is 0.000000534. The predicted molar refractivity (Wildman–Crippen MR) is 110 cm³/mol. The highest BCUT2D eigenvalue weighted by molar-refractivity contribution is 6.27. The molecule has 6 N–H and O–H groups in total. The number of carbonyl (C=O) groups excluding carboxylic acids is 2. The van der Waals surface area contributed by atoms with Gasteiger partial charge in [-0.25, -0.2) is 14.6 Å². The number of aromatic nitrogens is 1. The van der Waals surface area contributed by atoms with E-state index in [1.54, 1.807) is 0 Å². The van der Waals surface area contributed by atoms with Crippen molar-refractivity contribution in [1.29, 1.82) is 0 Å². The van der Waals surface area contributed by atoms with E-state index in [1.807, 2.05) is 24.3 Å². The number of carboxylic acids is 2. The van der Waals surface area contributed by atoms with Gasteiger partial charge in [0.05, 0.1) is 26.3 Å². The van der Waals surface area contributed by atoms with E-state index in [4.69, 9.17) is 34.7 Å². The minimum absolute atomic E-state index is 0.0908. The summed E-state index contributed by atoms with van der Waals surface area (Å²) in [6, 6.07) is 7.55. The van der Waals surface area contributed by atoms with Crippen molar-refractivity contribution in [3.8, 4) is 0 Å². The molecule has 172 valence electrons. The van der Waals surface area contributed by atoms with Gasteiger partial charge < -0.3 is 40.6 Å². The van der Waals surface area contributed by atoms with Gasteiger partial charge in [-0.3, -0.25) is 9.59 Å². The van der Waals surface area contributed by atoms with E-state index in [0.29, 0.717) is 5.69 Å². The molecule has 3 rings (SSSR count). The summed E-state index contributed by atoms with van der Waals surface area (Å²) in [6.45, 7) is 3.08. The number of amides is 2. The average Bonchev–Trinajstić information content (AvgIpc) is 3.28. The lowest BCUT2D eigenvalue weighted by Crippen LogP contribution is -2.36. The number of benzene rings is 1. The SMILES string of the molecule is NCc1nc(C(=O)NCC(=O)Nc2ccc(N3CCOCC3)cc2)co1.O=C(O)C(=O)O. The summed E-state index contributed by atoms with van der Waals surface area (Å²) in [5.41, 5.74) is 7.20. The summed E-state index contributed by atoms with van der Waals surface area (Å²) in [6.07, 6.45) is 1.21. The lowest BCUT2D eigenvalue weighted by atomic mass is 10.2. The third-order valence-corrected chi connectivity index (χ3v) is 4.08. The lowest BCUT2D eigenvalue weighted by Gasteiger charge is -2.28. The van der Waals surface area contributed by atoms with E-state index in [2.05, 4.69) is 20.5 Å². The number of hydrogen-bond acceptors (Lipinski definition) is 9. The van der Waals surface area contributed by atoms with Crippen molar-refractivity contribution < 1.29 is 38.5 Å². The fourth-order valence-electron chi connectivity index (χ4n) is 2.54. The van der Waals surface area contributed by atoms with Gasteiger partial charge in [0.25, 0.3) is 5.91 Å². The maximum absolute atomic E-state index is 12.0. The van der Waals surface area contributed by atoms with Crippen molar-refractivity contribution in [2.45, 2.75) is 6.54 Å². The summed E-state index contributed by atoms with van der Waals surface area (Å²) < 4.78 is 10.3. The molecule has 0 unspecified atom stereocenters. The Labute approximate surface area is 182 Å². The molecule has 1 fully saturated rings. The van der Waals surface area contributed by atoms with Crippen LogP contribution in [0, 0.1) is 0 Å².